The molecule has 0 aliphatic carbocycles. The van der Waals surface area contributed by atoms with E-state index in [0.717, 1.165) is 37.5 Å². The molecule has 0 aliphatic rings. The van der Waals surface area contributed by atoms with Crippen LogP contribution in [-0.4, -0.2) is 26.4 Å². The molecule has 0 fully saturated rings. The van der Waals surface area contributed by atoms with E-state index < -0.39 is 28.6 Å². The van der Waals surface area contributed by atoms with Crippen LogP contribution < -0.4 is 10.2 Å². The van der Waals surface area contributed by atoms with Crippen LogP contribution in [0.2, 0.25) is 0 Å². The van der Waals surface area contributed by atoms with E-state index in [-0.39, 0.29) is 40.2 Å². The fraction of sp³-hybridized carbons (Fsp3) is 0.484. The van der Waals surface area contributed by atoms with Gasteiger partial charge in [0.1, 0.15) is 34.0 Å². The van der Waals surface area contributed by atoms with Crippen molar-refractivity contribution in [2.75, 3.05) is 0 Å². The van der Waals surface area contributed by atoms with Crippen LogP contribution in [-0.2, 0) is 4.79 Å². The summed E-state index contributed by atoms with van der Waals surface area (Å²) in [5.41, 5.74) is -0.982. The number of hydrogen-bond donors (Lipinski definition) is 4. The van der Waals surface area contributed by atoms with Gasteiger partial charge >= 0.3 is 5.97 Å². The maximum atomic E-state index is 13.2. The highest BCUT2D eigenvalue weighted by molar-refractivity contribution is 5.90. The van der Waals surface area contributed by atoms with Crippen molar-refractivity contribution in [3.05, 3.63) is 40.6 Å². The quantitative estimate of drug-likeness (QED) is 0.107. The highest BCUT2D eigenvalue weighted by Gasteiger charge is 2.24. The van der Waals surface area contributed by atoms with Crippen LogP contribution in [0.1, 0.15) is 96.8 Å². The lowest BCUT2D eigenvalue weighted by Gasteiger charge is -2.12. The number of benzene rings is 2. The average Bonchev–Trinajstić information content (AvgIpc) is 2.88. The number of esters is 1. The molecule has 3 aromatic rings. The van der Waals surface area contributed by atoms with Crippen LogP contribution >= 0.6 is 0 Å². The molecule has 1 aromatic heterocycles. The van der Waals surface area contributed by atoms with Gasteiger partial charge in [0.25, 0.3) is 0 Å². The molecule has 0 amide bonds. The highest BCUT2D eigenvalue weighted by atomic mass is 16.5. The fourth-order valence-electron chi connectivity index (χ4n) is 4.70. The Kier molecular flexibility index (Phi) is 11.5. The monoisotopic (exact) mass is 540 g/mol. The van der Waals surface area contributed by atoms with Gasteiger partial charge in [0.15, 0.2) is 5.76 Å². The first-order chi connectivity index (χ1) is 18.8. The SMILES string of the molecule is CCCCCCCCCCCCCCCC(=O)Oc1c(-c2ccc(O)cc2O)oc2cc(O)cc(O)c2c1=O. The first-order valence-electron chi connectivity index (χ1n) is 14.1. The molecule has 8 nitrogen and oxygen atoms in total. The molecule has 0 bridgehead atoms. The standard InChI is InChI=1S/C31H40O8/c1-2-3-4-5-6-7-8-9-10-11-12-13-14-15-27(36)39-31-29(37)28-25(35)19-22(33)20-26(28)38-30(31)23-17-16-21(32)18-24(23)34/h16-20,32-35H,2-15H2,1H3. The van der Waals surface area contributed by atoms with Crippen LogP contribution in [0, 0.1) is 0 Å². The summed E-state index contributed by atoms with van der Waals surface area (Å²) in [4.78, 5) is 25.9. The van der Waals surface area contributed by atoms with Gasteiger partial charge in [-0.25, -0.2) is 0 Å². The molecule has 0 unspecified atom stereocenters. The van der Waals surface area contributed by atoms with Crippen molar-refractivity contribution in [1.29, 1.82) is 0 Å². The minimum atomic E-state index is -0.824. The van der Waals surface area contributed by atoms with Crippen molar-refractivity contribution in [1.82, 2.24) is 0 Å². The Hall–Kier alpha value is -3.68. The van der Waals surface area contributed by atoms with Gasteiger partial charge in [0.05, 0.1) is 5.56 Å². The van der Waals surface area contributed by atoms with E-state index in [1.165, 1.54) is 69.9 Å². The van der Waals surface area contributed by atoms with E-state index in [9.17, 15) is 30.0 Å². The normalized spacial score (nSPS) is 11.2. The summed E-state index contributed by atoms with van der Waals surface area (Å²) >= 11 is 0. The molecule has 0 saturated carbocycles. The average molecular weight is 541 g/mol. The van der Waals surface area contributed by atoms with Gasteiger partial charge < -0.3 is 29.6 Å². The smallest absolute Gasteiger partial charge is 0.311 e. The Bertz CT molecular complexity index is 1290. The molecule has 0 aliphatic heterocycles. The van der Waals surface area contributed by atoms with Crippen molar-refractivity contribution < 1.29 is 34.4 Å². The number of phenols is 4. The van der Waals surface area contributed by atoms with Crippen LogP contribution in [0.4, 0.5) is 0 Å². The molecule has 212 valence electrons. The zero-order valence-electron chi connectivity index (χ0n) is 22.7. The number of phenolic OH excluding ortho intramolecular Hbond substituents is 4. The van der Waals surface area contributed by atoms with Crippen molar-refractivity contribution in [3.8, 4) is 40.1 Å². The second-order valence-electron chi connectivity index (χ2n) is 10.1. The van der Waals surface area contributed by atoms with Gasteiger partial charge in [-0.1, -0.05) is 84.0 Å². The van der Waals surface area contributed by atoms with Gasteiger partial charge in [0.2, 0.25) is 11.2 Å². The molecule has 0 spiro atoms. The molecule has 3 rings (SSSR count). The van der Waals surface area contributed by atoms with Gasteiger partial charge in [-0.15, -0.1) is 0 Å². The Labute approximate surface area is 228 Å². The molecule has 8 heteroatoms. The number of carbonyl (C=O) groups is 1. The summed E-state index contributed by atoms with van der Waals surface area (Å²) in [6, 6.07) is 5.76. The van der Waals surface area contributed by atoms with Gasteiger partial charge in [-0.3, -0.25) is 9.59 Å². The third-order valence-corrected chi connectivity index (χ3v) is 6.84. The van der Waals surface area contributed by atoms with Gasteiger partial charge in [0, 0.05) is 24.6 Å². The molecule has 1 heterocycles. The van der Waals surface area contributed by atoms with E-state index in [2.05, 4.69) is 6.92 Å². The lowest BCUT2D eigenvalue weighted by atomic mass is 10.0. The zero-order valence-corrected chi connectivity index (χ0v) is 22.7. The third kappa shape index (κ3) is 8.67. The molecule has 0 radical (unpaired) electrons. The van der Waals surface area contributed by atoms with E-state index in [1.54, 1.807) is 0 Å². The van der Waals surface area contributed by atoms with E-state index >= 15 is 0 Å². The van der Waals surface area contributed by atoms with Crippen molar-refractivity contribution in [3.63, 3.8) is 0 Å². The lowest BCUT2D eigenvalue weighted by molar-refractivity contribution is -0.134. The Morgan fingerprint density at radius 2 is 1.31 bits per heavy atom. The van der Waals surface area contributed by atoms with E-state index in [4.69, 9.17) is 9.15 Å². The fourth-order valence-corrected chi connectivity index (χ4v) is 4.70. The van der Waals surface area contributed by atoms with E-state index in [1.807, 2.05) is 0 Å². The Morgan fingerprint density at radius 1 is 0.744 bits per heavy atom. The maximum Gasteiger partial charge on any atom is 0.311 e. The van der Waals surface area contributed by atoms with E-state index in [0.29, 0.717) is 6.42 Å². The van der Waals surface area contributed by atoms with Crippen molar-refractivity contribution in [2.24, 2.45) is 0 Å². The number of ether oxygens (including phenoxy) is 1. The number of hydrogen-bond acceptors (Lipinski definition) is 8. The van der Waals surface area contributed by atoms with Crippen LogP contribution in [0.15, 0.2) is 39.5 Å². The molecule has 0 atom stereocenters. The summed E-state index contributed by atoms with van der Waals surface area (Å²) in [6.07, 6.45) is 15.3. The molecule has 0 saturated heterocycles. The largest absolute Gasteiger partial charge is 0.508 e. The predicted octanol–water partition coefficient (Wildman–Crippen LogP) is 7.67. The lowest BCUT2D eigenvalue weighted by Crippen LogP contribution is -2.16. The Morgan fingerprint density at radius 3 is 1.90 bits per heavy atom. The Balaban J connectivity index is 1.57. The zero-order chi connectivity index (χ0) is 28.2. The number of unbranched alkanes of at least 4 members (excludes halogenated alkanes) is 12. The molecular weight excluding hydrogens is 500 g/mol. The van der Waals surface area contributed by atoms with Crippen molar-refractivity contribution in [2.45, 2.75) is 96.8 Å². The number of aromatic hydroxyl groups is 4. The minimum Gasteiger partial charge on any atom is -0.508 e. The van der Waals surface area contributed by atoms with Gasteiger partial charge in [-0.05, 0) is 18.6 Å². The number of rotatable bonds is 16. The second kappa shape index (κ2) is 15.0. The molecule has 2 aromatic carbocycles. The highest BCUT2D eigenvalue weighted by Crippen LogP contribution is 2.40. The minimum absolute atomic E-state index is 0.00149. The summed E-state index contributed by atoms with van der Waals surface area (Å²) in [5.74, 6) is -2.86. The summed E-state index contributed by atoms with van der Waals surface area (Å²) in [5, 5.41) is 39.8. The second-order valence-corrected chi connectivity index (χ2v) is 10.1. The molecule has 4 N–H and O–H groups in total. The maximum absolute atomic E-state index is 13.2. The van der Waals surface area contributed by atoms with Crippen molar-refractivity contribution >= 4 is 16.9 Å². The topological polar surface area (TPSA) is 137 Å². The van der Waals surface area contributed by atoms with Gasteiger partial charge in [-0.2, -0.15) is 0 Å². The summed E-state index contributed by atoms with van der Waals surface area (Å²) in [6.45, 7) is 2.23. The van der Waals surface area contributed by atoms with Crippen LogP contribution in [0.5, 0.6) is 28.7 Å². The summed E-state index contributed by atoms with van der Waals surface area (Å²) < 4.78 is 11.2. The number of fused-ring (bicyclic) bond motifs is 1. The van der Waals surface area contributed by atoms with Crippen LogP contribution in [0.3, 0.4) is 0 Å². The first kappa shape index (κ1) is 29.9. The molecule has 39 heavy (non-hydrogen) atoms. The molecular formula is C31H40O8. The third-order valence-electron chi connectivity index (χ3n) is 6.84. The predicted molar refractivity (Wildman–Crippen MR) is 151 cm³/mol. The first-order valence-corrected chi connectivity index (χ1v) is 14.1. The number of carbonyl (C=O) groups excluding carboxylic acids is 1. The summed E-state index contributed by atoms with van der Waals surface area (Å²) in [7, 11) is 0. The van der Waals surface area contributed by atoms with Crippen LogP contribution in [0.25, 0.3) is 22.3 Å².